The van der Waals surface area contributed by atoms with Crippen molar-refractivity contribution in [2.45, 2.75) is 50.9 Å². The fourth-order valence-corrected chi connectivity index (χ4v) is 11.9. The van der Waals surface area contributed by atoms with Gasteiger partial charge in [-0.1, -0.05) is 100 Å². The van der Waals surface area contributed by atoms with E-state index < -0.39 is 17.1 Å². The summed E-state index contributed by atoms with van der Waals surface area (Å²) >= 11 is 0. The molecule has 0 saturated carbocycles. The van der Waals surface area contributed by atoms with Crippen LogP contribution in [-0.2, 0) is 0 Å². The molecule has 0 amide bonds. The number of rotatable bonds is 13. The second-order valence-electron chi connectivity index (χ2n) is 10.1. The maximum absolute atomic E-state index is 6.87. The minimum Gasteiger partial charge on any atom is -0.512 e. The van der Waals surface area contributed by atoms with Gasteiger partial charge in [0, 0.05) is 23.2 Å². The fraction of sp³-hybridized carbons (Fsp3) is 0.250. The lowest BCUT2D eigenvalue weighted by atomic mass is 10.3. The molecule has 0 radical (unpaired) electrons. The highest BCUT2D eigenvalue weighted by Crippen LogP contribution is 2.39. The molecule has 0 unspecified atom stereocenters. The third-order valence-electron chi connectivity index (χ3n) is 6.72. The maximum Gasteiger partial charge on any atom is 0.463 e. The van der Waals surface area contributed by atoms with Crippen molar-refractivity contribution in [3.63, 3.8) is 0 Å². The minimum atomic E-state index is -2.87. The molecule has 6 heteroatoms. The van der Waals surface area contributed by atoms with Gasteiger partial charge in [-0.2, -0.15) is 0 Å². The first kappa shape index (κ1) is 27.5. The molecule has 4 aromatic carbocycles. The summed E-state index contributed by atoms with van der Waals surface area (Å²) in [5, 5.41) is 0. The molecule has 0 aliphatic carbocycles. The van der Waals surface area contributed by atoms with E-state index in [0.29, 0.717) is 0 Å². The minimum absolute atomic E-state index is 0.176. The van der Waals surface area contributed by atoms with E-state index in [1.807, 2.05) is 121 Å². The van der Waals surface area contributed by atoms with E-state index >= 15 is 0 Å². The van der Waals surface area contributed by atoms with Crippen molar-refractivity contribution < 1.29 is 17.7 Å². The topological polar surface area (TPSA) is 36.9 Å². The molecule has 0 heterocycles. The predicted molar refractivity (Wildman–Crippen MR) is 160 cm³/mol. The Hall–Kier alpha value is -3.49. The Kier molecular flexibility index (Phi) is 9.31. The van der Waals surface area contributed by atoms with Gasteiger partial charge in [-0.15, -0.1) is 0 Å². The normalized spacial score (nSPS) is 11.8. The van der Waals surface area contributed by atoms with Crippen LogP contribution in [-0.4, -0.2) is 17.1 Å². The van der Waals surface area contributed by atoms with Crippen LogP contribution in [0.15, 0.2) is 121 Å². The average molecular weight is 543 g/mol. The van der Waals surface area contributed by atoms with E-state index in [1.54, 1.807) is 0 Å². The Balaban J connectivity index is 1.72. The highest BCUT2D eigenvalue weighted by atomic mass is 28.4. The molecule has 4 rings (SSSR count). The van der Waals surface area contributed by atoms with Gasteiger partial charge in [0.15, 0.2) is 0 Å². The van der Waals surface area contributed by atoms with E-state index in [1.165, 1.54) is 0 Å². The van der Waals surface area contributed by atoms with Crippen LogP contribution in [0, 0.1) is 0 Å². The summed E-state index contributed by atoms with van der Waals surface area (Å²) < 4.78 is 27.5. The van der Waals surface area contributed by atoms with Gasteiger partial charge < -0.3 is 17.7 Å². The lowest BCUT2D eigenvalue weighted by molar-refractivity contribution is 0.347. The molecule has 0 saturated heterocycles. The van der Waals surface area contributed by atoms with E-state index in [-0.39, 0.29) is 11.1 Å². The summed E-state index contributed by atoms with van der Waals surface area (Å²) in [5.74, 6) is 3.31. The summed E-state index contributed by atoms with van der Waals surface area (Å²) in [5.41, 5.74) is 0.352. The van der Waals surface area contributed by atoms with Gasteiger partial charge in [0.25, 0.3) is 0 Å². The molecule has 0 aliphatic heterocycles. The first-order valence-electron chi connectivity index (χ1n) is 13.4. The molecular formula is C32H38O4Si2. The molecule has 4 aromatic rings. The van der Waals surface area contributed by atoms with Gasteiger partial charge in [-0.05, 0) is 48.5 Å². The zero-order chi connectivity index (χ0) is 26.8. The van der Waals surface area contributed by atoms with Crippen molar-refractivity contribution in [2.24, 2.45) is 0 Å². The van der Waals surface area contributed by atoms with Gasteiger partial charge in [0.2, 0.25) is 0 Å². The largest absolute Gasteiger partial charge is 0.512 e. The first-order chi connectivity index (χ1) is 18.4. The van der Waals surface area contributed by atoms with Crippen molar-refractivity contribution in [2.75, 3.05) is 0 Å². The second-order valence-corrected chi connectivity index (χ2v) is 17.5. The third-order valence-corrected chi connectivity index (χ3v) is 15.0. The Labute approximate surface area is 229 Å². The first-order valence-corrected chi connectivity index (χ1v) is 17.6. The summed E-state index contributed by atoms with van der Waals surface area (Å²) in [6.07, 6.45) is 0. The fourth-order valence-electron chi connectivity index (χ4n) is 4.40. The van der Waals surface area contributed by atoms with Gasteiger partial charge >= 0.3 is 17.1 Å². The SMILES string of the molecule is CC(C)[Si](CC[Si](Oc1ccccc1)(Oc1ccccc1)C(C)C)(Oc1ccccc1)Oc1ccccc1. The molecule has 0 N–H and O–H groups in total. The van der Waals surface area contributed by atoms with Crippen molar-refractivity contribution in [1.29, 1.82) is 0 Å². The summed E-state index contributed by atoms with van der Waals surface area (Å²) in [7, 11) is -5.74. The summed E-state index contributed by atoms with van der Waals surface area (Å²) in [6, 6.07) is 41.5. The number of hydrogen-bond donors (Lipinski definition) is 0. The van der Waals surface area contributed by atoms with Crippen molar-refractivity contribution in [3.05, 3.63) is 121 Å². The van der Waals surface area contributed by atoms with E-state index in [2.05, 4.69) is 27.7 Å². The smallest absolute Gasteiger partial charge is 0.463 e. The lowest BCUT2D eigenvalue weighted by Crippen LogP contribution is -2.57. The van der Waals surface area contributed by atoms with Crippen molar-refractivity contribution >= 4 is 17.1 Å². The van der Waals surface area contributed by atoms with Gasteiger partial charge in [0.1, 0.15) is 23.0 Å². The number of para-hydroxylation sites is 4. The van der Waals surface area contributed by atoms with Crippen LogP contribution < -0.4 is 17.7 Å². The number of hydrogen-bond acceptors (Lipinski definition) is 4. The molecule has 0 bridgehead atoms. The van der Waals surface area contributed by atoms with Crippen LogP contribution in [0.5, 0.6) is 23.0 Å². The molecular weight excluding hydrogens is 505 g/mol. The van der Waals surface area contributed by atoms with Crippen LogP contribution in [0.3, 0.4) is 0 Å². The van der Waals surface area contributed by atoms with Gasteiger partial charge in [-0.3, -0.25) is 0 Å². The Morgan fingerprint density at radius 2 is 0.605 bits per heavy atom. The molecule has 0 aliphatic rings. The predicted octanol–water partition coefficient (Wildman–Crippen LogP) is 9.01. The monoisotopic (exact) mass is 542 g/mol. The van der Waals surface area contributed by atoms with Crippen molar-refractivity contribution in [3.8, 4) is 23.0 Å². The molecule has 4 nitrogen and oxygen atoms in total. The maximum atomic E-state index is 6.87. The molecule has 0 atom stereocenters. The Bertz CT molecular complexity index is 1040. The quantitative estimate of drug-likeness (QED) is 0.158. The molecule has 0 spiro atoms. The van der Waals surface area contributed by atoms with Crippen molar-refractivity contribution in [1.82, 2.24) is 0 Å². The van der Waals surface area contributed by atoms with Crippen LogP contribution >= 0.6 is 0 Å². The van der Waals surface area contributed by atoms with Crippen LogP contribution in [0.2, 0.25) is 23.2 Å². The van der Waals surface area contributed by atoms with E-state index in [4.69, 9.17) is 17.7 Å². The highest BCUT2D eigenvalue weighted by molar-refractivity contribution is 6.75. The van der Waals surface area contributed by atoms with E-state index in [9.17, 15) is 0 Å². The molecule has 0 fully saturated rings. The summed E-state index contributed by atoms with van der Waals surface area (Å²) in [6.45, 7) is 8.80. The lowest BCUT2D eigenvalue weighted by Gasteiger charge is -2.39. The highest BCUT2D eigenvalue weighted by Gasteiger charge is 2.53. The Morgan fingerprint density at radius 1 is 0.395 bits per heavy atom. The molecule has 38 heavy (non-hydrogen) atoms. The molecule has 198 valence electrons. The van der Waals surface area contributed by atoms with Crippen LogP contribution in [0.1, 0.15) is 27.7 Å². The summed E-state index contributed by atoms with van der Waals surface area (Å²) in [4.78, 5) is 0. The van der Waals surface area contributed by atoms with Crippen LogP contribution in [0.25, 0.3) is 0 Å². The second kappa shape index (κ2) is 12.8. The van der Waals surface area contributed by atoms with Gasteiger partial charge in [-0.25, -0.2) is 0 Å². The van der Waals surface area contributed by atoms with E-state index in [0.717, 1.165) is 35.1 Å². The molecule has 0 aromatic heterocycles. The zero-order valence-electron chi connectivity index (χ0n) is 22.7. The van der Waals surface area contributed by atoms with Gasteiger partial charge in [0.05, 0.1) is 0 Å². The average Bonchev–Trinajstić information content (AvgIpc) is 2.93. The third kappa shape index (κ3) is 7.08. The van der Waals surface area contributed by atoms with Crippen LogP contribution in [0.4, 0.5) is 0 Å². The zero-order valence-corrected chi connectivity index (χ0v) is 24.7. The Morgan fingerprint density at radius 3 is 0.789 bits per heavy atom. The standard InChI is InChI=1S/C32H38O4Si2/c1-27(2)37(33-29-17-9-5-10-18-29,34-30-19-11-6-12-20-30)25-26-38(28(3)4,35-31-21-13-7-14-22-31)36-32-23-15-8-16-24-32/h5-24,27-28H,25-26H2,1-4H3. The number of benzene rings is 4.